The van der Waals surface area contributed by atoms with E-state index in [4.69, 9.17) is 4.18 Å². The molecule has 1 aromatic carbocycles. The molecule has 94 valence electrons. The summed E-state index contributed by atoms with van der Waals surface area (Å²) in [4.78, 5) is 0. The Kier molecular flexibility index (Phi) is 3.59. The summed E-state index contributed by atoms with van der Waals surface area (Å²) in [6.45, 7) is 0. The molecule has 0 radical (unpaired) electrons. The SMILES string of the molecule is O=P1(CS(=O)(=O)Oc2ccccc2)CCCC1. The van der Waals surface area contributed by atoms with Gasteiger partial charge in [-0.05, 0) is 25.0 Å². The smallest absolute Gasteiger partial charge is 0.316 e. The number of rotatable bonds is 4. The average molecular weight is 274 g/mol. The van der Waals surface area contributed by atoms with Crippen LogP contribution in [-0.2, 0) is 14.7 Å². The van der Waals surface area contributed by atoms with Crippen molar-refractivity contribution in [2.24, 2.45) is 0 Å². The quantitative estimate of drug-likeness (QED) is 0.625. The van der Waals surface area contributed by atoms with Crippen LogP contribution < -0.4 is 4.18 Å². The fraction of sp³-hybridized carbons (Fsp3) is 0.455. The molecule has 0 saturated carbocycles. The van der Waals surface area contributed by atoms with Gasteiger partial charge in [0, 0.05) is 12.3 Å². The molecule has 1 fully saturated rings. The van der Waals surface area contributed by atoms with Gasteiger partial charge < -0.3 is 8.75 Å². The predicted molar refractivity (Wildman–Crippen MR) is 67.4 cm³/mol. The van der Waals surface area contributed by atoms with Gasteiger partial charge in [-0.2, -0.15) is 8.42 Å². The summed E-state index contributed by atoms with van der Waals surface area (Å²) in [6.07, 6.45) is 2.78. The maximum absolute atomic E-state index is 12.2. The third-order valence-electron chi connectivity index (χ3n) is 2.74. The fourth-order valence-corrected chi connectivity index (χ4v) is 7.75. The molecule has 1 heterocycles. The lowest BCUT2D eigenvalue weighted by Gasteiger charge is -2.12. The van der Waals surface area contributed by atoms with Gasteiger partial charge in [0.05, 0.1) is 0 Å². The molecule has 0 spiro atoms. The van der Waals surface area contributed by atoms with Gasteiger partial charge in [0.15, 0.2) is 0 Å². The molecular formula is C11H15O4PS. The van der Waals surface area contributed by atoms with E-state index in [1.807, 2.05) is 0 Å². The summed E-state index contributed by atoms with van der Waals surface area (Å²) in [6, 6.07) is 8.31. The second-order valence-corrected chi connectivity index (χ2v) is 9.62. The van der Waals surface area contributed by atoms with Gasteiger partial charge in [-0.1, -0.05) is 18.2 Å². The van der Waals surface area contributed by atoms with Crippen molar-refractivity contribution in [1.82, 2.24) is 0 Å². The van der Waals surface area contributed by atoms with Crippen LogP contribution >= 0.6 is 7.14 Å². The third-order valence-corrected chi connectivity index (χ3v) is 8.60. The molecule has 17 heavy (non-hydrogen) atoms. The van der Waals surface area contributed by atoms with Crippen LogP contribution in [-0.4, -0.2) is 26.2 Å². The summed E-state index contributed by atoms with van der Waals surface area (Å²) < 4.78 is 40.6. The Hall–Kier alpha value is -0.800. The van der Waals surface area contributed by atoms with E-state index in [1.54, 1.807) is 30.3 Å². The van der Waals surface area contributed by atoms with Gasteiger partial charge in [-0.25, -0.2) is 0 Å². The van der Waals surface area contributed by atoms with E-state index >= 15 is 0 Å². The standard InChI is InChI=1S/C11H15O4PS/c12-16(8-4-5-9-16)10-17(13,14)15-11-6-2-1-3-7-11/h1-3,6-7H,4-5,8-10H2. The molecule has 1 aliphatic rings. The predicted octanol–water partition coefficient (Wildman–Crippen LogP) is 2.51. The summed E-state index contributed by atoms with van der Waals surface area (Å²) in [7, 11) is -6.28. The minimum atomic E-state index is -3.74. The normalized spacial score (nSPS) is 19.1. The summed E-state index contributed by atoms with van der Waals surface area (Å²) >= 11 is 0. The second kappa shape index (κ2) is 4.83. The van der Waals surface area contributed by atoms with E-state index < -0.39 is 17.3 Å². The summed E-state index contributed by atoms with van der Waals surface area (Å²) in [5.41, 5.74) is -0.325. The molecule has 0 atom stereocenters. The van der Waals surface area contributed by atoms with Crippen LogP contribution in [0, 0.1) is 0 Å². The molecule has 2 rings (SSSR count). The number of hydrogen-bond donors (Lipinski definition) is 0. The monoisotopic (exact) mass is 274 g/mol. The van der Waals surface area contributed by atoms with E-state index in [2.05, 4.69) is 0 Å². The minimum Gasteiger partial charge on any atom is -0.382 e. The van der Waals surface area contributed by atoms with Crippen molar-refractivity contribution in [2.45, 2.75) is 12.8 Å². The highest BCUT2D eigenvalue weighted by molar-refractivity contribution is 7.95. The molecule has 0 amide bonds. The first-order valence-electron chi connectivity index (χ1n) is 5.53. The first-order chi connectivity index (χ1) is 7.99. The molecule has 1 saturated heterocycles. The Balaban J connectivity index is 2.07. The van der Waals surface area contributed by atoms with Crippen LogP contribution in [0.1, 0.15) is 12.8 Å². The van der Waals surface area contributed by atoms with Crippen molar-refractivity contribution >= 4 is 17.3 Å². The topological polar surface area (TPSA) is 60.4 Å². The highest BCUT2D eigenvalue weighted by atomic mass is 32.2. The second-order valence-electron chi connectivity index (χ2n) is 4.30. The first kappa shape index (κ1) is 12.7. The molecule has 0 aromatic heterocycles. The summed E-state index contributed by atoms with van der Waals surface area (Å²) in [5.74, 6) is 0.276. The van der Waals surface area contributed by atoms with Crippen molar-refractivity contribution in [1.29, 1.82) is 0 Å². The highest BCUT2D eigenvalue weighted by Crippen LogP contribution is 2.52. The average Bonchev–Trinajstić information content (AvgIpc) is 2.64. The molecule has 0 unspecified atom stereocenters. The molecule has 4 nitrogen and oxygen atoms in total. The highest BCUT2D eigenvalue weighted by Gasteiger charge is 2.33. The largest absolute Gasteiger partial charge is 0.382 e. The van der Waals surface area contributed by atoms with Crippen molar-refractivity contribution in [3.63, 3.8) is 0 Å². The van der Waals surface area contributed by atoms with Gasteiger partial charge in [0.1, 0.15) is 18.4 Å². The Morgan fingerprint density at radius 2 is 1.71 bits per heavy atom. The van der Waals surface area contributed by atoms with E-state index in [1.165, 1.54) is 0 Å². The van der Waals surface area contributed by atoms with Crippen molar-refractivity contribution < 1.29 is 17.2 Å². The van der Waals surface area contributed by atoms with E-state index in [9.17, 15) is 13.0 Å². The number of hydrogen-bond acceptors (Lipinski definition) is 4. The maximum Gasteiger partial charge on any atom is 0.316 e. The van der Waals surface area contributed by atoms with Crippen LogP contribution in [0.15, 0.2) is 30.3 Å². The zero-order valence-electron chi connectivity index (χ0n) is 9.41. The van der Waals surface area contributed by atoms with Crippen molar-refractivity contribution in [3.05, 3.63) is 30.3 Å². The Labute approximate surface area is 101 Å². The van der Waals surface area contributed by atoms with Gasteiger partial charge in [-0.15, -0.1) is 0 Å². The maximum atomic E-state index is 12.2. The first-order valence-corrected chi connectivity index (χ1v) is 9.37. The molecule has 1 aliphatic heterocycles. The Morgan fingerprint density at radius 3 is 2.29 bits per heavy atom. The van der Waals surface area contributed by atoms with Crippen LogP contribution in [0.2, 0.25) is 0 Å². The van der Waals surface area contributed by atoms with E-state index in [0.717, 1.165) is 12.8 Å². The molecule has 6 heteroatoms. The third kappa shape index (κ3) is 3.58. The molecule has 0 bridgehead atoms. The van der Waals surface area contributed by atoms with E-state index in [0.29, 0.717) is 12.3 Å². The van der Waals surface area contributed by atoms with Crippen LogP contribution in [0.3, 0.4) is 0 Å². The lowest BCUT2D eigenvalue weighted by atomic mass is 10.3. The molecule has 0 N–H and O–H groups in total. The van der Waals surface area contributed by atoms with Crippen LogP contribution in [0.4, 0.5) is 0 Å². The molecular weight excluding hydrogens is 259 g/mol. The lowest BCUT2D eigenvalue weighted by Crippen LogP contribution is -2.14. The van der Waals surface area contributed by atoms with Gasteiger partial charge >= 0.3 is 10.1 Å². The number of benzene rings is 1. The summed E-state index contributed by atoms with van der Waals surface area (Å²) in [5, 5.41) is 0. The Morgan fingerprint density at radius 1 is 1.12 bits per heavy atom. The zero-order chi connectivity index (χ0) is 12.4. The molecule has 1 aromatic rings. The van der Waals surface area contributed by atoms with Gasteiger partial charge in [0.2, 0.25) is 0 Å². The van der Waals surface area contributed by atoms with Crippen LogP contribution in [0.5, 0.6) is 5.75 Å². The van der Waals surface area contributed by atoms with E-state index in [-0.39, 0.29) is 11.2 Å². The minimum absolute atomic E-state index is 0.276. The van der Waals surface area contributed by atoms with Crippen molar-refractivity contribution in [2.75, 3.05) is 17.8 Å². The number of para-hydroxylation sites is 1. The Bertz CT molecular complexity index is 514. The molecule has 0 aliphatic carbocycles. The van der Waals surface area contributed by atoms with Gasteiger partial charge in [0.25, 0.3) is 0 Å². The fourth-order valence-electron chi connectivity index (χ4n) is 1.98. The van der Waals surface area contributed by atoms with Crippen molar-refractivity contribution in [3.8, 4) is 5.75 Å². The van der Waals surface area contributed by atoms with Crippen LogP contribution in [0.25, 0.3) is 0 Å². The lowest BCUT2D eigenvalue weighted by molar-refractivity contribution is 0.490. The zero-order valence-corrected chi connectivity index (χ0v) is 11.1. The van der Waals surface area contributed by atoms with Gasteiger partial charge in [-0.3, -0.25) is 0 Å².